The van der Waals surface area contributed by atoms with Gasteiger partial charge in [-0.15, -0.1) is 0 Å². The van der Waals surface area contributed by atoms with Crippen LogP contribution in [0.2, 0.25) is 0 Å². The van der Waals surface area contributed by atoms with Crippen LogP contribution in [0, 0.1) is 18.4 Å². The van der Waals surface area contributed by atoms with E-state index in [1.807, 2.05) is 0 Å². The Morgan fingerprint density at radius 1 is 1.20 bits per heavy atom. The summed E-state index contributed by atoms with van der Waals surface area (Å²) in [5, 5.41) is 28.3. The van der Waals surface area contributed by atoms with Gasteiger partial charge in [-0.1, -0.05) is 0 Å². The third-order valence-electron chi connectivity index (χ3n) is 1.91. The van der Waals surface area contributed by atoms with Crippen LogP contribution >= 0.6 is 0 Å². The Bertz CT molecular complexity index is 347. The number of hydrogen-bond donors (Lipinski definition) is 4. The Kier molecular flexibility index (Phi) is 2.93. The van der Waals surface area contributed by atoms with Crippen LogP contribution in [-0.2, 0) is 14.4 Å². The van der Waals surface area contributed by atoms with E-state index in [2.05, 4.69) is 11.9 Å². The predicted octanol–water partition coefficient (Wildman–Crippen LogP) is -1.00. The number of carboxylic acid groups (broad SMARTS) is 3. The molecule has 0 aromatic heterocycles. The lowest BCUT2D eigenvalue weighted by atomic mass is 9.84. The summed E-state index contributed by atoms with van der Waals surface area (Å²) >= 11 is 0. The summed E-state index contributed by atoms with van der Waals surface area (Å²) in [5.74, 6) is -7.56. The van der Waals surface area contributed by atoms with Crippen LogP contribution < -0.4 is 5.32 Å². The molecule has 2 atom stereocenters. The molecule has 0 aliphatic carbocycles. The van der Waals surface area contributed by atoms with Crippen molar-refractivity contribution >= 4 is 17.9 Å². The molecule has 7 heteroatoms. The number of rotatable bonds is 3. The Morgan fingerprint density at radius 3 is 2.20 bits per heavy atom. The molecule has 0 aromatic carbocycles. The highest BCUT2D eigenvalue weighted by Gasteiger charge is 2.42. The van der Waals surface area contributed by atoms with Gasteiger partial charge in [0.1, 0.15) is 18.4 Å². The van der Waals surface area contributed by atoms with Crippen molar-refractivity contribution in [2.45, 2.75) is 0 Å². The standard InChI is InChI=1S/C8H7NO6/c10-6(11)3-1-9-2-4(7(12)13)5(3)8(14)15/h1,4-5,9H,(H,10,11)(H,12,13)(H,14,15). The van der Waals surface area contributed by atoms with Gasteiger partial charge in [0.15, 0.2) is 0 Å². The minimum Gasteiger partial charge on any atom is -0.481 e. The van der Waals surface area contributed by atoms with Gasteiger partial charge >= 0.3 is 17.9 Å². The minimum atomic E-state index is -1.62. The molecule has 1 heterocycles. The van der Waals surface area contributed by atoms with Crippen LogP contribution in [0.4, 0.5) is 0 Å². The molecule has 1 aliphatic heterocycles. The van der Waals surface area contributed by atoms with Gasteiger partial charge < -0.3 is 20.6 Å². The molecular formula is C8H7NO6. The van der Waals surface area contributed by atoms with Gasteiger partial charge in [-0.05, 0) is 0 Å². The van der Waals surface area contributed by atoms with Crippen molar-refractivity contribution in [3.8, 4) is 0 Å². The summed E-state index contributed by atoms with van der Waals surface area (Å²) in [7, 11) is 0. The Hall–Kier alpha value is -2.05. The molecule has 2 radical (unpaired) electrons. The van der Waals surface area contributed by atoms with Crippen molar-refractivity contribution in [1.29, 1.82) is 0 Å². The highest BCUT2D eigenvalue weighted by Crippen LogP contribution is 2.26. The molecule has 0 saturated heterocycles. The van der Waals surface area contributed by atoms with Crippen molar-refractivity contribution in [1.82, 2.24) is 5.32 Å². The summed E-state index contributed by atoms with van der Waals surface area (Å²) in [6, 6.07) is 0. The van der Waals surface area contributed by atoms with Gasteiger partial charge in [0.2, 0.25) is 0 Å². The largest absolute Gasteiger partial charge is 0.481 e. The number of aliphatic carboxylic acids is 3. The third-order valence-corrected chi connectivity index (χ3v) is 1.91. The van der Waals surface area contributed by atoms with Crippen molar-refractivity contribution in [3.63, 3.8) is 0 Å². The van der Waals surface area contributed by atoms with E-state index < -0.39 is 35.3 Å². The first-order valence-corrected chi connectivity index (χ1v) is 3.85. The molecule has 4 N–H and O–H groups in total. The third kappa shape index (κ3) is 2.06. The summed E-state index contributed by atoms with van der Waals surface area (Å²) < 4.78 is 0. The molecule has 0 bridgehead atoms. The zero-order valence-electron chi connectivity index (χ0n) is 7.30. The van der Waals surface area contributed by atoms with Gasteiger partial charge in [-0.25, -0.2) is 4.79 Å². The number of hydrogen-bond acceptors (Lipinski definition) is 4. The van der Waals surface area contributed by atoms with Gasteiger partial charge in [0, 0.05) is 6.20 Å². The van der Waals surface area contributed by atoms with Crippen LogP contribution in [0.3, 0.4) is 0 Å². The van der Waals surface area contributed by atoms with E-state index in [-0.39, 0.29) is 0 Å². The Balaban J connectivity index is 3.08. The van der Waals surface area contributed by atoms with Gasteiger partial charge in [-0.3, -0.25) is 9.59 Å². The van der Waals surface area contributed by atoms with Crippen molar-refractivity contribution < 1.29 is 29.7 Å². The average molecular weight is 213 g/mol. The fourth-order valence-corrected chi connectivity index (χ4v) is 1.24. The number of carboxylic acids is 3. The molecule has 1 aliphatic rings. The molecule has 15 heavy (non-hydrogen) atoms. The zero-order chi connectivity index (χ0) is 11.6. The van der Waals surface area contributed by atoms with Gasteiger partial charge in [0.25, 0.3) is 0 Å². The lowest BCUT2D eigenvalue weighted by molar-refractivity contribution is -0.152. The lowest BCUT2D eigenvalue weighted by Gasteiger charge is -2.24. The van der Waals surface area contributed by atoms with Crippen LogP contribution in [0.5, 0.6) is 0 Å². The predicted molar refractivity (Wildman–Crippen MR) is 44.3 cm³/mol. The second-order valence-corrected chi connectivity index (χ2v) is 2.83. The fourth-order valence-electron chi connectivity index (χ4n) is 1.24. The van der Waals surface area contributed by atoms with Gasteiger partial charge in [0.05, 0.1) is 5.57 Å². The Morgan fingerprint density at radius 2 is 1.80 bits per heavy atom. The molecule has 7 nitrogen and oxygen atoms in total. The van der Waals surface area contributed by atoms with Crippen LogP contribution in [0.25, 0.3) is 0 Å². The molecule has 0 amide bonds. The van der Waals surface area contributed by atoms with Crippen LogP contribution in [-0.4, -0.2) is 33.2 Å². The van der Waals surface area contributed by atoms with E-state index in [0.717, 1.165) is 6.20 Å². The number of nitrogens with one attached hydrogen (secondary N) is 1. The molecule has 0 saturated carbocycles. The maximum Gasteiger partial charge on any atom is 0.333 e. The van der Waals surface area contributed by atoms with E-state index in [9.17, 15) is 14.4 Å². The second-order valence-electron chi connectivity index (χ2n) is 2.83. The van der Waals surface area contributed by atoms with E-state index >= 15 is 0 Å². The van der Waals surface area contributed by atoms with E-state index in [1.54, 1.807) is 0 Å². The van der Waals surface area contributed by atoms with Crippen molar-refractivity contribution in [2.75, 3.05) is 0 Å². The summed E-state index contributed by atoms with van der Waals surface area (Å²) in [5.41, 5.74) is -0.506. The van der Waals surface area contributed by atoms with Crippen molar-refractivity contribution in [2.24, 2.45) is 11.8 Å². The summed E-state index contributed by atoms with van der Waals surface area (Å²) in [6.07, 6.45) is 0.917. The molecule has 80 valence electrons. The topological polar surface area (TPSA) is 124 Å². The number of carbonyl (C=O) groups is 3. The smallest absolute Gasteiger partial charge is 0.333 e. The first-order valence-electron chi connectivity index (χ1n) is 3.85. The molecular weight excluding hydrogens is 206 g/mol. The SMILES string of the molecule is O=C(O)C1=CN[C]C(C(=O)O)C1C(=O)O. The monoisotopic (exact) mass is 213 g/mol. The second kappa shape index (κ2) is 3.99. The van der Waals surface area contributed by atoms with Crippen molar-refractivity contribution in [3.05, 3.63) is 18.3 Å². The molecule has 0 spiro atoms. The van der Waals surface area contributed by atoms with Gasteiger partial charge in [-0.2, -0.15) is 0 Å². The van der Waals surface area contributed by atoms with E-state index in [1.165, 1.54) is 0 Å². The summed E-state index contributed by atoms with van der Waals surface area (Å²) in [4.78, 5) is 32.0. The molecule has 0 aromatic rings. The van der Waals surface area contributed by atoms with Crippen LogP contribution in [0.1, 0.15) is 0 Å². The maximum absolute atomic E-state index is 10.7. The zero-order valence-corrected chi connectivity index (χ0v) is 7.30. The summed E-state index contributed by atoms with van der Waals surface area (Å²) in [6.45, 7) is 2.16. The quantitative estimate of drug-likeness (QED) is 0.473. The highest BCUT2D eigenvalue weighted by molar-refractivity contribution is 5.97. The molecule has 2 unspecified atom stereocenters. The average Bonchev–Trinajstić information content (AvgIpc) is 2.16. The normalized spacial score (nSPS) is 24.9. The van der Waals surface area contributed by atoms with E-state index in [4.69, 9.17) is 15.3 Å². The Labute approximate surface area is 84.0 Å². The molecule has 1 rings (SSSR count). The van der Waals surface area contributed by atoms with Crippen LogP contribution in [0.15, 0.2) is 11.8 Å². The highest BCUT2D eigenvalue weighted by atomic mass is 16.4. The molecule has 0 fully saturated rings. The minimum absolute atomic E-state index is 0.506. The lowest BCUT2D eigenvalue weighted by Crippen LogP contribution is -2.40. The fraction of sp³-hybridized carbons (Fsp3) is 0.250. The first-order chi connectivity index (χ1) is 6.95. The van der Waals surface area contributed by atoms with E-state index in [0.29, 0.717) is 0 Å². The first kappa shape index (κ1) is 11.0. The maximum atomic E-state index is 10.7.